The van der Waals surface area contributed by atoms with Crippen LogP contribution in [0.5, 0.6) is 0 Å². The van der Waals surface area contributed by atoms with Gasteiger partial charge in [-0.1, -0.05) is 11.8 Å². The zero-order valence-corrected chi connectivity index (χ0v) is 9.76. The van der Waals surface area contributed by atoms with E-state index in [9.17, 15) is 0 Å². The molecule has 1 radical (unpaired) electrons. The zero-order chi connectivity index (χ0) is 6.97. The molecule has 2 rings (SSSR count). The van der Waals surface area contributed by atoms with Crippen LogP contribution in [0.3, 0.4) is 0 Å². The molecule has 3 atom stereocenters. The van der Waals surface area contributed by atoms with Gasteiger partial charge in [0.25, 0.3) is 0 Å². The van der Waals surface area contributed by atoms with Crippen molar-refractivity contribution in [2.45, 2.75) is 12.8 Å². The van der Waals surface area contributed by atoms with Crippen LogP contribution in [0.25, 0.3) is 0 Å². The standard InChI is InChI=1S/C9H15N.Y/c1-2-7-3-4-8-5-10-6-9(7)8;/h3,7-10H,1-2,4-6H2;/q-2;. The van der Waals surface area contributed by atoms with Crippen molar-refractivity contribution in [3.8, 4) is 0 Å². The van der Waals surface area contributed by atoms with Crippen molar-refractivity contribution in [1.29, 1.82) is 0 Å². The van der Waals surface area contributed by atoms with E-state index in [0.717, 1.165) is 24.2 Å². The second kappa shape index (κ2) is 4.34. The van der Waals surface area contributed by atoms with Crippen molar-refractivity contribution in [3.05, 3.63) is 13.3 Å². The van der Waals surface area contributed by atoms with Gasteiger partial charge in [0.15, 0.2) is 0 Å². The number of nitrogens with one attached hydrogen (secondary N) is 1. The molecule has 0 aromatic rings. The molecule has 1 N–H and O–H groups in total. The van der Waals surface area contributed by atoms with Crippen LogP contribution < -0.4 is 5.32 Å². The quantitative estimate of drug-likeness (QED) is 0.664. The Bertz CT molecular complexity index is 127. The normalized spacial score (nSPS) is 41.7. The minimum Gasteiger partial charge on any atom is -0.345 e. The first-order chi connectivity index (χ1) is 4.92. The molecular formula is C9H15NY-2. The molecule has 3 unspecified atom stereocenters. The van der Waals surface area contributed by atoms with E-state index in [0.29, 0.717) is 0 Å². The third-order valence-electron chi connectivity index (χ3n) is 3.02. The predicted molar refractivity (Wildman–Crippen MR) is 42.2 cm³/mol. The maximum Gasteiger partial charge on any atom is 0 e. The summed E-state index contributed by atoms with van der Waals surface area (Å²) in [4.78, 5) is 0. The molecule has 0 aromatic carbocycles. The summed E-state index contributed by atoms with van der Waals surface area (Å²) in [6.07, 6.45) is 4.91. The SMILES string of the molecule is [CH2-]CC1[CH-]CC2CNCC12.[Y]. The van der Waals surface area contributed by atoms with Crippen molar-refractivity contribution < 1.29 is 32.7 Å². The van der Waals surface area contributed by atoms with Crippen molar-refractivity contribution in [2.75, 3.05) is 13.1 Å². The van der Waals surface area contributed by atoms with Crippen LogP contribution in [-0.2, 0) is 32.7 Å². The molecule has 1 nitrogen and oxygen atoms in total. The molecule has 0 amide bonds. The Morgan fingerprint density at radius 3 is 3.00 bits per heavy atom. The van der Waals surface area contributed by atoms with Gasteiger partial charge in [-0.3, -0.25) is 0 Å². The summed E-state index contributed by atoms with van der Waals surface area (Å²) in [5, 5.41) is 3.44. The summed E-state index contributed by atoms with van der Waals surface area (Å²) >= 11 is 0. The first-order valence-electron chi connectivity index (χ1n) is 4.25. The van der Waals surface area contributed by atoms with E-state index < -0.39 is 0 Å². The molecule has 1 saturated heterocycles. The summed E-state index contributed by atoms with van der Waals surface area (Å²) in [7, 11) is 0. The van der Waals surface area contributed by atoms with Gasteiger partial charge in [0, 0.05) is 32.7 Å². The van der Waals surface area contributed by atoms with Crippen LogP contribution in [-0.4, -0.2) is 13.1 Å². The fourth-order valence-electron chi connectivity index (χ4n) is 2.37. The molecular weight excluding hydrogens is 211 g/mol. The van der Waals surface area contributed by atoms with Crippen LogP contribution in [0.15, 0.2) is 0 Å². The number of rotatable bonds is 1. The summed E-state index contributed by atoms with van der Waals surface area (Å²) < 4.78 is 0. The molecule has 1 aliphatic heterocycles. The Morgan fingerprint density at radius 1 is 1.45 bits per heavy atom. The molecule has 11 heavy (non-hydrogen) atoms. The first-order valence-corrected chi connectivity index (χ1v) is 4.25. The molecule has 61 valence electrons. The van der Waals surface area contributed by atoms with Gasteiger partial charge in [0.1, 0.15) is 0 Å². The van der Waals surface area contributed by atoms with Crippen molar-refractivity contribution >= 4 is 0 Å². The van der Waals surface area contributed by atoms with E-state index in [4.69, 9.17) is 0 Å². The molecule has 2 heteroatoms. The van der Waals surface area contributed by atoms with Gasteiger partial charge < -0.3 is 18.7 Å². The van der Waals surface area contributed by atoms with E-state index in [2.05, 4.69) is 18.7 Å². The van der Waals surface area contributed by atoms with E-state index in [1.165, 1.54) is 19.5 Å². The van der Waals surface area contributed by atoms with Crippen LogP contribution in [0.2, 0.25) is 0 Å². The average Bonchev–Trinajstić information content (AvgIpc) is 2.44. The van der Waals surface area contributed by atoms with Gasteiger partial charge in [-0.15, -0.1) is 0 Å². The maximum atomic E-state index is 3.97. The molecule has 0 bridgehead atoms. The first kappa shape index (κ1) is 10.1. The largest absolute Gasteiger partial charge is 0.345 e. The number of hydrogen-bond acceptors (Lipinski definition) is 1. The maximum absolute atomic E-state index is 3.97. The third-order valence-corrected chi connectivity index (χ3v) is 3.02. The summed E-state index contributed by atoms with van der Waals surface area (Å²) in [6, 6.07) is 0. The topological polar surface area (TPSA) is 12.0 Å². The Morgan fingerprint density at radius 2 is 2.27 bits per heavy atom. The van der Waals surface area contributed by atoms with Gasteiger partial charge in [0.05, 0.1) is 0 Å². The predicted octanol–water partition coefficient (Wildman–Crippen LogP) is 1.27. The fraction of sp³-hybridized carbons (Fsp3) is 0.778. The Balaban J connectivity index is 0.000000605. The van der Waals surface area contributed by atoms with Gasteiger partial charge >= 0.3 is 0 Å². The average molecular weight is 226 g/mol. The second-order valence-corrected chi connectivity index (χ2v) is 3.51. The second-order valence-electron chi connectivity index (χ2n) is 3.51. The number of fused-ring (bicyclic) bond motifs is 1. The molecule has 0 aromatic heterocycles. The Kier molecular flexibility index (Phi) is 4.01. The van der Waals surface area contributed by atoms with Crippen LogP contribution in [0.1, 0.15) is 12.8 Å². The minimum atomic E-state index is 0. The van der Waals surface area contributed by atoms with Crippen molar-refractivity contribution in [3.63, 3.8) is 0 Å². The summed E-state index contributed by atoms with van der Waals surface area (Å²) in [5.41, 5.74) is 0. The van der Waals surface area contributed by atoms with Crippen LogP contribution in [0, 0.1) is 31.1 Å². The number of hydrogen-bond donors (Lipinski definition) is 1. The Labute approximate surface area is 94.6 Å². The smallest absolute Gasteiger partial charge is 0 e. The molecule has 1 aliphatic carbocycles. The Hall–Kier alpha value is 1.06. The van der Waals surface area contributed by atoms with Crippen LogP contribution >= 0.6 is 0 Å². The summed E-state index contributed by atoms with van der Waals surface area (Å²) in [5.74, 6) is 2.70. The van der Waals surface area contributed by atoms with Gasteiger partial charge in [-0.05, 0) is 13.1 Å². The molecule has 1 saturated carbocycles. The zero-order valence-electron chi connectivity index (χ0n) is 6.92. The van der Waals surface area contributed by atoms with E-state index >= 15 is 0 Å². The minimum absolute atomic E-state index is 0. The van der Waals surface area contributed by atoms with E-state index in [1.54, 1.807) is 0 Å². The van der Waals surface area contributed by atoms with Gasteiger partial charge in [-0.25, -0.2) is 6.42 Å². The van der Waals surface area contributed by atoms with Gasteiger partial charge in [0.2, 0.25) is 0 Å². The van der Waals surface area contributed by atoms with Gasteiger partial charge in [-0.2, -0.15) is 12.3 Å². The molecule has 0 spiro atoms. The van der Waals surface area contributed by atoms with Crippen molar-refractivity contribution in [2.24, 2.45) is 17.8 Å². The fourth-order valence-corrected chi connectivity index (χ4v) is 2.37. The van der Waals surface area contributed by atoms with E-state index in [-0.39, 0.29) is 32.7 Å². The summed E-state index contributed by atoms with van der Waals surface area (Å²) in [6.45, 7) is 6.45. The monoisotopic (exact) mass is 226 g/mol. The van der Waals surface area contributed by atoms with Crippen molar-refractivity contribution in [1.82, 2.24) is 5.32 Å². The molecule has 2 aliphatic rings. The third kappa shape index (κ3) is 1.87. The van der Waals surface area contributed by atoms with E-state index in [1.807, 2.05) is 0 Å². The van der Waals surface area contributed by atoms with Crippen LogP contribution in [0.4, 0.5) is 0 Å². The molecule has 2 fully saturated rings. The molecule has 1 heterocycles.